The Labute approximate surface area is 77.9 Å². The van der Waals surface area contributed by atoms with E-state index in [4.69, 9.17) is 9.47 Å². The lowest BCUT2D eigenvalue weighted by Gasteiger charge is -2.09. The number of hydrogen-bond donors (Lipinski definition) is 1. The Hall–Kier alpha value is -0.830. The summed E-state index contributed by atoms with van der Waals surface area (Å²) in [6.07, 6.45) is 0. The van der Waals surface area contributed by atoms with Gasteiger partial charge < -0.3 is 9.47 Å². The molecule has 0 aliphatic carbocycles. The molecule has 0 saturated carbocycles. The zero-order valence-electron chi connectivity index (χ0n) is 7.42. The first-order chi connectivity index (χ1) is 5.69. The van der Waals surface area contributed by atoms with Gasteiger partial charge in [0.25, 0.3) is 0 Å². The van der Waals surface area contributed by atoms with Crippen molar-refractivity contribution in [1.29, 1.82) is 0 Å². The molecule has 0 fully saturated rings. The maximum absolute atomic E-state index is 5.13. The van der Waals surface area contributed by atoms with E-state index in [9.17, 15) is 0 Å². The molecule has 0 heterocycles. The highest BCUT2D eigenvalue weighted by Gasteiger charge is 2.04. The first-order valence-corrected chi connectivity index (χ1v) is 4.05. The van der Waals surface area contributed by atoms with Gasteiger partial charge in [-0.15, -0.1) is 12.6 Å². The largest absolute Gasteiger partial charge is 0.496 e. The predicted molar refractivity (Wildman–Crippen MR) is 51.5 cm³/mol. The minimum Gasteiger partial charge on any atom is -0.496 e. The Kier molecular flexibility index (Phi) is 2.87. The monoisotopic (exact) mass is 184 g/mol. The smallest absolute Gasteiger partial charge is 0.135 e. The summed E-state index contributed by atoms with van der Waals surface area (Å²) in [5.41, 5.74) is 1.06. The summed E-state index contributed by atoms with van der Waals surface area (Å²) < 4.78 is 10.2. The second-order valence-corrected chi connectivity index (χ2v) is 2.98. The van der Waals surface area contributed by atoms with Crippen molar-refractivity contribution < 1.29 is 9.47 Å². The van der Waals surface area contributed by atoms with Crippen LogP contribution in [0.5, 0.6) is 11.5 Å². The lowest BCUT2D eigenvalue weighted by molar-refractivity contribution is 0.386. The SMILES string of the molecule is COc1cc(OC)c(S)cc1C. The van der Waals surface area contributed by atoms with E-state index in [-0.39, 0.29) is 0 Å². The number of hydrogen-bond acceptors (Lipinski definition) is 3. The van der Waals surface area contributed by atoms with E-state index in [1.807, 2.05) is 19.1 Å². The molecule has 3 heteroatoms. The molecular formula is C9H12O2S. The molecule has 0 saturated heterocycles. The number of ether oxygens (including phenoxy) is 2. The van der Waals surface area contributed by atoms with Crippen LogP contribution in [-0.2, 0) is 0 Å². The van der Waals surface area contributed by atoms with Gasteiger partial charge in [0.1, 0.15) is 11.5 Å². The van der Waals surface area contributed by atoms with Gasteiger partial charge in [-0.05, 0) is 18.6 Å². The van der Waals surface area contributed by atoms with Crippen molar-refractivity contribution in [2.45, 2.75) is 11.8 Å². The normalized spacial score (nSPS) is 9.67. The standard InChI is InChI=1S/C9H12O2S/c1-6-4-9(12)8(11-3)5-7(6)10-2/h4-5,12H,1-3H3. The van der Waals surface area contributed by atoms with Crippen molar-refractivity contribution in [3.63, 3.8) is 0 Å². The molecule has 1 rings (SSSR count). The quantitative estimate of drug-likeness (QED) is 0.711. The fourth-order valence-electron chi connectivity index (χ4n) is 1.04. The number of methoxy groups -OCH3 is 2. The molecule has 0 bridgehead atoms. The maximum atomic E-state index is 5.13. The molecule has 0 unspecified atom stereocenters. The van der Waals surface area contributed by atoms with E-state index in [1.54, 1.807) is 14.2 Å². The minimum absolute atomic E-state index is 0.737. The van der Waals surface area contributed by atoms with Crippen molar-refractivity contribution in [1.82, 2.24) is 0 Å². The van der Waals surface area contributed by atoms with Crippen molar-refractivity contribution in [3.8, 4) is 11.5 Å². The predicted octanol–water partition coefficient (Wildman–Crippen LogP) is 2.30. The van der Waals surface area contributed by atoms with Gasteiger partial charge in [0.2, 0.25) is 0 Å². The molecule has 0 radical (unpaired) electrons. The zero-order valence-corrected chi connectivity index (χ0v) is 8.31. The van der Waals surface area contributed by atoms with Crippen LogP contribution in [0, 0.1) is 6.92 Å². The highest BCUT2D eigenvalue weighted by atomic mass is 32.1. The van der Waals surface area contributed by atoms with E-state index >= 15 is 0 Å². The van der Waals surface area contributed by atoms with Crippen LogP contribution in [-0.4, -0.2) is 14.2 Å². The van der Waals surface area contributed by atoms with Gasteiger partial charge in [0.05, 0.1) is 14.2 Å². The first kappa shape index (κ1) is 9.26. The second kappa shape index (κ2) is 3.72. The van der Waals surface area contributed by atoms with E-state index < -0.39 is 0 Å². The van der Waals surface area contributed by atoms with Crippen LogP contribution >= 0.6 is 12.6 Å². The minimum atomic E-state index is 0.737. The fourth-order valence-corrected chi connectivity index (χ4v) is 1.39. The number of rotatable bonds is 2. The third-order valence-corrected chi connectivity index (χ3v) is 2.05. The van der Waals surface area contributed by atoms with Crippen LogP contribution in [0.25, 0.3) is 0 Å². The highest BCUT2D eigenvalue weighted by molar-refractivity contribution is 7.80. The van der Waals surface area contributed by atoms with Gasteiger partial charge in [0.15, 0.2) is 0 Å². The van der Waals surface area contributed by atoms with Gasteiger partial charge in [-0.1, -0.05) is 0 Å². The Morgan fingerprint density at radius 1 is 1.08 bits per heavy atom. The number of aryl methyl sites for hydroxylation is 1. The van der Waals surface area contributed by atoms with E-state index in [2.05, 4.69) is 12.6 Å². The molecule has 0 atom stereocenters. The van der Waals surface area contributed by atoms with Crippen molar-refractivity contribution in [2.75, 3.05) is 14.2 Å². The molecule has 1 aromatic carbocycles. The molecule has 0 amide bonds. The van der Waals surface area contributed by atoms with Crippen LogP contribution in [0.4, 0.5) is 0 Å². The fraction of sp³-hybridized carbons (Fsp3) is 0.333. The molecule has 12 heavy (non-hydrogen) atoms. The number of thiol groups is 1. The molecule has 0 aliphatic heterocycles. The molecule has 0 aromatic heterocycles. The molecule has 1 aromatic rings. The van der Waals surface area contributed by atoms with Crippen LogP contribution < -0.4 is 9.47 Å². The molecule has 66 valence electrons. The van der Waals surface area contributed by atoms with Crippen LogP contribution in [0.3, 0.4) is 0 Å². The summed E-state index contributed by atoms with van der Waals surface area (Å²) >= 11 is 4.25. The summed E-state index contributed by atoms with van der Waals surface area (Å²) in [4.78, 5) is 0.829. The van der Waals surface area contributed by atoms with Gasteiger partial charge in [0, 0.05) is 11.0 Å². The lowest BCUT2D eigenvalue weighted by Crippen LogP contribution is -1.90. The second-order valence-electron chi connectivity index (χ2n) is 2.49. The summed E-state index contributed by atoms with van der Waals surface area (Å²) in [5.74, 6) is 1.56. The molecular weight excluding hydrogens is 172 g/mol. The Morgan fingerprint density at radius 3 is 2.17 bits per heavy atom. The molecule has 0 N–H and O–H groups in total. The summed E-state index contributed by atoms with van der Waals surface area (Å²) in [6, 6.07) is 3.75. The highest BCUT2D eigenvalue weighted by Crippen LogP contribution is 2.30. The molecule has 0 aliphatic rings. The van der Waals surface area contributed by atoms with Crippen molar-refractivity contribution in [2.24, 2.45) is 0 Å². The average Bonchev–Trinajstić information content (AvgIpc) is 2.05. The van der Waals surface area contributed by atoms with Gasteiger partial charge in [-0.3, -0.25) is 0 Å². The average molecular weight is 184 g/mol. The maximum Gasteiger partial charge on any atom is 0.135 e. The topological polar surface area (TPSA) is 18.5 Å². The van der Waals surface area contributed by atoms with Crippen molar-refractivity contribution >= 4 is 12.6 Å². The van der Waals surface area contributed by atoms with E-state index in [0.717, 1.165) is 22.0 Å². The van der Waals surface area contributed by atoms with Gasteiger partial charge in [-0.2, -0.15) is 0 Å². The summed E-state index contributed by atoms with van der Waals surface area (Å²) in [6.45, 7) is 1.97. The third kappa shape index (κ3) is 1.67. The zero-order chi connectivity index (χ0) is 9.14. The number of benzene rings is 1. The van der Waals surface area contributed by atoms with E-state index in [0.29, 0.717) is 0 Å². The Bertz CT molecular complexity index is 259. The van der Waals surface area contributed by atoms with Crippen LogP contribution in [0.1, 0.15) is 5.56 Å². The van der Waals surface area contributed by atoms with Crippen molar-refractivity contribution in [3.05, 3.63) is 17.7 Å². The Balaban J connectivity index is 3.18. The van der Waals surface area contributed by atoms with Gasteiger partial charge in [-0.25, -0.2) is 0 Å². The summed E-state index contributed by atoms with van der Waals surface area (Å²) in [7, 11) is 3.25. The van der Waals surface area contributed by atoms with Crippen LogP contribution in [0.15, 0.2) is 17.0 Å². The lowest BCUT2D eigenvalue weighted by atomic mass is 10.2. The van der Waals surface area contributed by atoms with E-state index in [1.165, 1.54) is 0 Å². The first-order valence-electron chi connectivity index (χ1n) is 3.60. The van der Waals surface area contributed by atoms with Gasteiger partial charge >= 0.3 is 0 Å². The molecule has 2 nitrogen and oxygen atoms in total. The molecule has 0 spiro atoms. The summed E-state index contributed by atoms with van der Waals surface area (Å²) in [5, 5.41) is 0. The third-order valence-electron chi connectivity index (χ3n) is 1.70. The van der Waals surface area contributed by atoms with Crippen LogP contribution in [0.2, 0.25) is 0 Å². The Morgan fingerprint density at radius 2 is 1.67 bits per heavy atom.